The Labute approximate surface area is 158 Å². The number of amides is 1. The zero-order valence-corrected chi connectivity index (χ0v) is 15.2. The molecule has 0 aliphatic rings. The van der Waals surface area contributed by atoms with E-state index < -0.39 is 19.2 Å². The summed E-state index contributed by atoms with van der Waals surface area (Å²) in [4.78, 5) is 20.1. The van der Waals surface area contributed by atoms with Gasteiger partial charge in [0.2, 0.25) is 5.88 Å². The summed E-state index contributed by atoms with van der Waals surface area (Å²) in [5.74, 6) is -0.132. The summed E-state index contributed by atoms with van der Waals surface area (Å²) in [5.41, 5.74) is 2.34. The van der Waals surface area contributed by atoms with E-state index in [9.17, 15) is 18.0 Å². The molecule has 3 aromatic heterocycles. The molecule has 148 valence electrons. The maximum Gasteiger partial charge on any atom is 0.392 e. The molecule has 0 radical (unpaired) electrons. The SMILES string of the molecule is CNC(=O)c1nccc2nn(Cc3cnc(OCCC(F)(F)F)c(C)c3)cc12. The Morgan fingerprint density at radius 1 is 1.32 bits per heavy atom. The fourth-order valence-corrected chi connectivity index (χ4v) is 2.68. The summed E-state index contributed by atoms with van der Waals surface area (Å²) in [5, 5.41) is 7.59. The number of aromatic nitrogens is 4. The first-order valence-electron chi connectivity index (χ1n) is 8.46. The second-order valence-corrected chi connectivity index (χ2v) is 6.18. The van der Waals surface area contributed by atoms with Gasteiger partial charge in [-0.25, -0.2) is 4.98 Å². The minimum Gasteiger partial charge on any atom is -0.477 e. The van der Waals surface area contributed by atoms with E-state index in [1.54, 1.807) is 29.9 Å². The molecule has 28 heavy (non-hydrogen) atoms. The highest BCUT2D eigenvalue weighted by atomic mass is 19.4. The maximum atomic E-state index is 12.2. The van der Waals surface area contributed by atoms with Crippen molar-refractivity contribution in [3.05, 3.63) is 47.5 Å². The van der Waals surface area contributed by atoms with Gasteiger partial charge in [-0.1, -0.05) is 0 Å². The normalized spacial score (nSPS) is 11.6. The Hall–Kier alpha value is -3.17. The number of nitrogens with one attached hydrogen (secondary N) is 1. The molecule has 0 aromatic carbocycles. The van der Waals surface area contributed by atoms with Crippen LogP contribution in [0.2, 0.25) is 0 Å². The molecule has 3 aromatic rings. The van der Waals surface area contributed by atoms with Gasteiger partial charge in [0, 0.05) is 31.2 Å². The Balaban J connectivity index is 1.75. The van der Waals surface area contributed by atoms with E-state index >= 15 is 0 Å². The molecule has 0 aliphatic heterocycles. The lowest BCUT2D eigenvalue weighted by molar-refractivity contribution is -0.139. The Morgan fingerprint density at radius 2 is 2.11 bits per heavy atom. The van der Waals surface area contributed by atoms with Crippen molar-refractivity contribution in [2.24, 2.45) is 0 Å². The van der Waals surface area contributed by atoms with Crippen molar-refractivity contribution >= 4 is 16.8 Å². The van der Waals surface area contributed by atoms with Crippen molar-refractivity contribution in [1.29, 1.82) is 0 Å². The zero-order valence-electron chi connectivity index (χ0n) is 15.2. The number of hydrogen-bond donors (Lipinski definition) is 1. The number of carbonyl (C=O) groups excluding carboxylic acids is 1. The van der Waals surface area contributed by atoms with Crippen LogP contribution in [-0.4, -0.2) is 45.5 Å². The number of aryl methyl sites for hydroxylation is 1. The molecule has 7 nitrogen and oxygen atoms in total. The van der Waals surface area contributed by atoms with Gasteiger partial charge in [-0.3, -0.25) is 14.5 Å². The number of halogens is 3. The van der Waals surface area contributed by atoms with E-state index in [1.807, 2.05) is 0 Å². The molecule has 3 rings (SSSR count). The number of pyridine rings is 2. The van der Waals surface area contributed by atoms with Gasteiger partial charge in [0.15, 0.2) is 0 Å². The number of alkyl halides is 3. The molecule has 0 saturated heterocycles. The van der Waals surface area contributed by atoms with Gasteiger partial charge >= 0.3 is 6.18 Å². The Bertz CT molecular complexity index is 1000. The van der Waals surface area contributed by atoms with Crippen molar-refractivity contribution in [3.8, 4) is 5.88 Å². The minimum atomic E-state index is -4.27. The molecule has 0 atom stereocenters. The maximum absolute atomic E-state index is 12.2. The largest absolute Gasteiger partial charge is 0.477 e. The average Bonchev–Trinajstić information content (AvgIpc) is 3.04. The van der Waals surface area contributed by atoms with Crippen LogP contribution >= 0.6 is 0 Å². The fourth-order valence-electron chi connectivity index (χ4n) is 2.68. The molecule has 0 aliphatic carbocycles. The second-order valence-electron chi connectivity index (χ2n) is 6.18. The third-order valence-corrected chi connectivity index (χ3v) is 3.98. The van der Waals surface area contributed by atoms with Crippen molar-refractivity contribution in [2.45, 2.75) is 26.1 Å². The zero-order chi connectivity index (χ0) is 20.3. The minimum absolute atomic E-state index is 0.171. The van der Waals surface area contributed by atoms with Gasteiger partial charge in [0.25, 0.3) is 5.91 Å². The highest BCUT2D eigenvalue weighted by Crippen LogP contribution is 2.22. The lowest BCUT2D eigenvalue weighted by Crippen LogP contribution is -2.19. The third kappa shape index (κ3) is 4.56. The molecule has 0 saturated carbocycles. The highest BCUT2D eigenvalue weighted by Gasteiger charge is 2.27. The smallest absolute Gasteiger partial charge is 0.392 e. The van der Waals surface area contributed by atoms with Crippen molar-refractivity contribution in [1.82, 2.24) is 25.1 Å². The highest BCUT2D eigenvalue weighted by molar-refractivity contribution is 6.03. The predicted octanol–water partition coefficient (Wildman–Crippen LogP) is 2.87. The van der Waals surface area contributed by atoms with E-state index in [4.69, 9.17) is 4.74 Å². The number of nitrogens with zero attached hydrogens (tertiary/aromatic N) is 4. The summed E-state index contributed by atoms with van der Waals surface area (Å²) >= 11 is 0. The summed E-state index contributed by atoms with van der Waals surface area (Å²) in [6.45, 7) is 1.61. The molecule has 1 amide bonds. The van der Waals surface area contributed by atoms with Crippen LogP contribution in [0.3, 0.4) is 0 Å². The van der Waals surface area contributed by atoms with E-state index in [0.29, 0.717) is 23.0 Å². The van der Waals surface area contributed by atoms with Gasteiger partial charge in [-0.15, -0.1) is 0 Å². The van der Waals surface area contributed by atoms with Gasteiger partial charge in [0.05, 0.1) is 30.5 Å². The van der Waals surface area contributed by atoms with Gasteiger partial charge < -0.3 is 10.1 Å². The summed E-state index contributed by atoms with van der Waals surface area (Å²) in [6, 6.07) is 3.49. The number of hydrogen-bond acceptors (Lipinski definition) is 5. The summed E-state index contributed by atoms with van der Waals surface area (Å²) in [7, 11) is 1.53. The number of ether oxygens (including phenoxy) is 1. The van der Waals surface area contributed by atoms with Crippen LogP contribution < -0.4 is 10.1 Å². The van der Waals surface area contributed by atoms with Crippen LogP contribution in [0.15, 0.2) is 30.7 Å². The topological polar surface area (TPSA) is 81.9 Å². The van der Waals surface area contributed by atoms with Gasteiger partial charge in [0.1, 0.15) is 5.69 Å². The molecule has 0 fully saturated rings. The van der Waals surface area contributed by atoms with Crippen LogP contribution in [0.1, 0.15) is 28.0 Å². The Kier molecular flexibility index (Phi) is 5.48. The quantitative estimate of drug-likeness (QED) is 0.697. The molecular weight excluding hydrogens is 375 g/mol. The monoisotopic (exact) mass is 393 g/mol. The van der Waals surface area contributed by atoms with E-state index in [2.05, 4.69) is 20.4 Å². The first-order valence-corrected chi connectivity index (χ1v) is 8.46. The first-order chi connectivity index (χ1) is 13.3. The van der Waals surface area contributed by atoms with Crippen LogP contribution in [0.25, 0.3) is 10.9 Å². The lowest BCUT2D eigenvalue weighted by atomic mass is 10.2. The van der Waals surface area contributed by atoms with Crippen LogP contribution in [0.5, 0.6) is 5.88 Å². The van der Waals surface area contributed by atoms with E-state index in [-0.39, 0.29) is 17.5 Å². The standard InChI is InChI=1S/C18H18F3N5O2/c1-11-7-12(8-24-17(11)28-6-4-18(19,20)21)9-26-10-13-14(25-26)3-5-23-15(13)16(27)22-2/h3,5,7-8,10H,4,6,9H2,1-2H3,(H,22,27). The fraction of sp³-hybridized carbons (Fsp3) is 0.333. The molecule has 0 spiro atoms. The van der Waals surface area contributed by atoms with Crippen molar-refractivity contribution in [3.63, 3.8) is 0 Å². The predicted molar refractivity (Wildman–Crippen MR) is 95.2 cm³/mol. The van der Waals surface area contributed by atoms with Crippen molar-refractivity contribution < 1.29 is 22.7 Å². The number of fused-ring (bicyclic) bond motifs is 1. The molecule has 0 unspecified atom stereocenters. The molecule has 3 heterocycles. The van der Waals surface area contributed by atoms with E-state index in [1.165, 1.54) is 19.4 Å². The van der Waals surface area contributed by atoms with Crippen molar-refractivity contribution in [2.75, 3.05) is 13.7 Å². The third-order valence-electron chi connectivity index (χ3n) is 3.98. The van der Waals surface area contributed by atoms with Gasteiger partial charge in [-0.2, -0.15) is 18.3 Å². The van der Waals surface area contributed by atoms with E-state index in [0.717, 1.165) is 5.56 Å². The summed E-state index contributed by atoms with van der Waals surface area (Å²) in [6.07, 6.45) is -0.533. The number of rotatable bonds is 6. The Morgan fingerprint density at radius 3 is 2.79 bits per heavy atom. The molecule has 0 bridgehead atoms. The lowest BCUT2D eigenvalue weighted by Gasteiger charge is -2.11. The molecule has 1 N–H and O–H groups in total. The van der Waals surface area contributed by atoms with Crippen LogP contribution in [0.4, 0.5) is 13.2 Å². The first kappa shape index (κ1) is 19.6. The van der Waals surface area contributed by atoms with Crippen LogP contribution in [0, 0.1) is 6.92 Å². The molecule has 10 heteroatoms. The van der Waals surface area contributed by atoms with Gasteiger partial charge in [-0.05, 0) is 24.6 Å². The summed E-state index contributed by atoms with van der Waals surface area (Å²) < 4.78 is 43.4. The average molecular weight is 393 g/mol. The molecular formula is C18H18F3N5O2. The second kappa shape index (κ2) is 7.83. The van der Waals surface area contributed by atoms with Crippen LogP contribution in [-0.2, 0) is 6.54 Å². The number of carbonyl (C=O) groups is 1.